The van der Waals surface area contributed by atoms with E-state index in [1.54, 1.807) is 39.2 Å². The fraction of sp³-hybridized carbons (Fsp3) is 0.586. The molecule has 1 aliphatic rings. The Labute approximate surface area is 246 Å². The third-order valence-electron chi connectivity index (χ3n) is 7.24. The number of carboxylic acids is 1. The number of rotatable bonds is 10. The minimum Gasteiger partial charge on any atom is -0.481 e. The number of hydrogen-bond donors (Lipinski definition) is 3. The van der Waals surface area contributed by atoms with Crippen molar-refractivity contribution in [3.05, 3.63) is 40.5 Å². The maximum atomic E-state index is 14.2. The predicted octanol–water partition coefficient (Wildman–Crippen LogP) is 7.05. The Balaban J connectivity index is 2.04. The molecule has 41 heavy (non-hydrogen) atoms. The van der Waals surface area contributed by atoms with Gasteiger partial charge in [0.15, 0.2) is 0 Å². The lowest BCUT2D eigenvalue weighted by Gasteiger charge is -2.24. The number of nitrogens with one attached hydrogen (secondary N) is 2. The number of aromatic nitrogens is 1. The summed E-state index contributed by atoms with van der Waals surface area (Å²) in [6, 6.07) is 5.10. The third-order valence-corrected chi connectivity index (χ3v) is 9.20. The molecule has 7 nitrogen and oxygen atoms in total. The molecule has 1 heterocycles. The van der Waals surface area contributed by atoms with Crippen molar-refractivity contribution in [2.45, 2.75) is 96.3 Å². The standard InChI is InChI=1S/C29H39ClF3N3O4S/c1-27(2,3)35-41(40)23-12-11-19(15-21(23)29(31,32)33)22-16-20(25(37)34-14-13-28(4,5)26(38)39)24(30)36(22)17-18-9-7-6-8-10-18/h11-12,15-16,18,35H,6-10,13-14,17H2,1-5H3,(H,34,37)(H,38,39). The minimum absolute atomic E-state index is 0.0805. The molecular formula is C29H39ClF3N3O4S. The van der Waals surface area contributed by atoms with Crippen LogP contribution < -0.4 is 10.0 Å². The molecule has 0 saturated heterocycles. The van der Waals surface area contributed by atoms with E-state index in [-0.39, 0.29) is 40.1 Å². The smallest absolute Gasteiger partial charge is 0.417 e. The van der Waals surface area contributed by atoms with Gasteiger partial charge in [-0.2, -0.15) is 13.2 Å². The van der Waals surface area contributed by atoms with Crippen LogP contribution in [0.2, 0.25) is 5.15 Å². The summed E-state index contributed by atoms with van der Waals surface area (Å²) in [6.07, 6.45) is 0.517. The van der Waals surface area contributed by atoms with Gasteiger partial charge in [0.05, 0.1) is 27.1 Å². The molecule has 1 aromatic heterocycles. The lowest BCUT2D eigenvalue weighted by molar-refractivity contribution is -0.147. The van der Waals surface area contributed by atoms with Crippen LogP contribution in [0.3, 0.4) is 0 Å². The van der Waals surface area contributed by atoms with Gasteiger partial charge < -0.3 is 15.0 Å². The summed E-state index contributed by atoms with van der Waals surface area (Å²) in [6.45, 7) is 8.76. The van der Waals surface area contributed by atoms with Crippen molar-refractivity contribution in [3.63, 3.8) is 0 Å². The first-order valence-electron chi connectivity index (χ1n) is 13.7. The Morgan fingerprint density at radius 1 is 1.07 bits per heavy atom. The number of nitrogens with zero attached hydrogens (tertiary/aromatic N) is 1. The highest BCUT2D eigenvalue weighted by Crippen LogP contribution is 2.39. The molecule has 0 aliphatic heterocycles. The van der Waals surface area contributed by atoms with Crippen LogP contribution in [0.25, 0.3) is 11.3 Å². The quantitative estimate of drug-likeness (QED) is 0.266. The maximum Gasteiger partial charge on any atom is 0.417 e. The summed E-state index contributed by atoms with van der Waals surface area (Å²) in [5.41, 5.74) is -2.13. The molecule has 2 aromatic rings. The largest absolute Gasteiger partial charge is 0.481 e. The van der Waals surface area contributed by atoms with Crippen LogP contribution in [-0.2, 0) is 28.5 Å². The summed E-state index contributed by atoms with van der Waals surface area (Å²) >= 11 is 6.72. The third kappa shape index (κ3) is 8.58. The van der Waals surface area contributed by atoms with E-state index in [2.05, 4.69) is 10.0 Å². The monoisotopic (exact) mass is 617 g/mol. The predicted molar refractivity (Wildman–Crippen MR) is 154 cm³/mol. The average molecular weight is 618 g/mol. The molecule has 1 amide bonds. The lowest BCUT2D eigenvalue weighted by atomic mass is 9.89. The second-order valence-electron chi connectivity index (χ2n) is 12.4. The summed E-state index contributed by atoms with van der Waals surface area (Å²) in [4.78, 5) is 24.2. The van der Waals surface area contributed by atoms with Crippen molar-refractivity contribution in [2.75, 3.05) is 6.54 Å². The van der Waals surface area contributed by atoms with Gasteiger partial charge in [-0.1, -0.05) is 36.9 Å². The summed E-state index contributed by atoms with van der Waals surface area (Å²) < 4.78 is 59.9. The highest BCUT2D eigenvalue weighted by molar-refractivity contribution is 7.83. The molecule has 0 radical (unpaired) electrons. The van der Waals surface area contributed by atoms with Crippen LogP contribution in [0, 0.1) is 11.3 Å². The van der Waals surface area contributed by atoms with Crippen LogP contribution in [0.1, 0.15) is 89.1 Å². The molecule has 0 spiro atoms. The number of carbonyl (C=O) groups is 2. The van der Waals surface area contributed by atoms with Gasteiger partial charge in [0.1, 0.15) is 16.1 Å². The van der Waals surface area contributed by atoms with Crippen molar-refractivity contribution in [2.24, 2.45) is 11.3 Å². The fourth-order valence-corrected chi connectivity index (χ4v) is 6.36. The maximum absolute atomic E-state index is 14.2. The van der Waals surface area contributed by atoms with Gasteiger partial charge in [0, 0.05) is 18.6 Å². The number of benzene rings is 1. The molecule has 1 atom stereocenters. The Hall–Kier alpha value is -2.37. The zero-order valence-electron chi connectivity index (χ0n) is 24.1. The molecule has 3 N–H and O–H groups in total. The van der Waals surface area contributed by atoms with Crippen LogP contribution in [0.5, 0.6) is 0 Å². The highest BCUT2D eigenvalue weighted by Gasteiger charge is 2.36. The summed E-state index contributed by atoms with van der Waals surface area (Å²) in [7, 11) is -2.12. The van der Waals surface area contributed by atoms with E-state index in [0.29, 0.717) is 12.2 Å². The van der Waals surface area contributed by atoms with Crippen molar-refractivity contribution < 1.29 is 32.1 Å². The number of carboxylic acid groups (broad SMARTS) is 1. The van der Waals surface area contributed by atoms with E-state index in [1.807, 2.05) is 0 Å². The van der Waals surface area contributed by atoms with E-state index >= 15 is 0 Å². The van der Waals surface area contributed by atoms with E-state index in [9.17, 15) is 32.1 Å². The van der Waals surface area contributed by atoms with Crippen molar-refractivity contribution in [1.29, 1.82) is 0 Å². The first kappa shape index (κ1) is 33.1. The molecule has 3 rings (SSSR count). The van der Waals surface area contributed by atoms with E-state index in [4.69, 9.17) is 11.6 Å². The van der Waals surface area contributed by atoms with E-state index in [0.717, 1.165) is 38.2 Å². The Morgan fingerprint density at radius 3 is 2.27 bits per heavy atom. The van der Waals surface area contributed by atoms with Crippen LogP contribution in [0.15, 0.2) is 29.2 Å². The molecular weight excluding hydrogens is 579 g/mol. The van der Waals surface area contributed by atoms with Crippen molar-refractivity contribution in [1.82, 2.24) is 14.6 Å². The topological polar surface area (TPSA) is 100 Å². The number of aliphatic carboxylic acids is 1. The first-order valence-corrected chi connectivity index (χ1v) is 15.3. The molecule has 1 unspecified atom stereocenters. The Morgan fingerprint density at radius 2 is 1.71 bits per heavy atom. The van der Waals surface area contributed by atoms with Crippen molar-refractivity contribution in [3.8, 4) is 11.3 Å². The second kappa shape index (κ2) is 12.9. The van der Waals surface area contributed by atoms with Crippen LogP contribution >= 0.6 is 11.6 Å². The molecule has 12 heteroatoms. The molecule has 1 fully saturated rings. The molecule has 1 aromatic carbocycles. The van der Waals surface area contributed by atoms with Gasteiger partial charge in [0.2, 0.25) is 0 Å². The zero-order chi connectivity index (χ0) is 30.8. The molecule has 1 saturated carbocycles. The molecule has 0 bridgehead atoms. The summed E-state index contributed by atoms with van der Waals surface area (Å²) in [5.74, 6) is -1.28. The van der Waals surface area contributed by atoms with E-state index in [1.165, 1.54) is 18.2 Å². The number of hydrogen-bond acceptors (Lipinski definition) is 3. The molecule has 228 valence electrons. The van der Waals surface area contributed by atoms with Gasteiger partial charge in [-0.3, -0.25) is 9.59 Å². The second-order valence-corrected chi connectivity index (χ2v) is 13.9. The normalized spacial score (nSPS) is 16.0. The van der Waals surface area contributed by atoms with Crippen LogP contribution in [0.4, 0.5) is 13.2 Å². The number of amides is 1. The number of carbonyl (C=O) groups excluding carboxylic acids is 1. The SMILES string of the molecule is CC(C)(C)NS(=O)c1ccc(-c2cc(C(=O)NCCC(C)(C)C(=O)O)c(Cl)n2CC2CCCCC2)cc1C(F)(F)F. The number of halogens is 4. The summed E-state index contributed by atoms with van der Waals surface area (Å²) in [5, 5.41) is 12.1. The van der Waals surface area contributed by atoms with Gasteiger partial charge in [-0.15, -0.1) is 0 Å². The van der Waals surface area contributed by atoms with Gasteiger partial charge >= 0.3 is 12.1 Å². The number of alkyl halides is 3. The zero-order valence-corrected chi connectivity index (χ0v) is 25.7. The average Bonchev–Trinajstić information content (AvgIpc) is 3.18. The van der Waals surface area contributed by atoms with E-state index < -0.39 is 45.6 Å². The minimum atomic E-state index is -4.78. The van der Waals surface area contributed by atoms with Gasteiger partial charge in [-0.25, -0.2) is 8.93 Å². The Bertz CT molecular complexity index is 1300. The van der Waals surface area contributed by atoms with Crippen molar-refractivity contribution >= 4 is 34.5 Å². The van der Waals surface area contributed by atoms with Gasteiger partial charge in [0.25, 0.3) is 5.91 Å². The van der Waals surface area contributed by atoms with Crippen LogP contribution in [-0.4, -0.2) is 37.8 Å². The molecule has 1 aliphatic carbocycles. The highest BCUT2D eigenvalue weighted by atomic mass is 35.5. The first-order chi connectivity index (χ1) is 18.9. The fourth-order valence-electron chi connectivity index (χ4n) is 4.83. The lowest BCUT2D eigenvalue weighted by Crippen LogP contribution is -2.37. The Kier molecular flexibility index (Phi) is 10.4. The van der Waals surface area contributed by atoms with Gasteiger partial charge in [-0.05, 0) is 83.6 Å².